The molecule has 1 atom stereocenters. The van der Waals surface area contributed by atoms with Gasteiger partial charge in [-0.2, -0.15) is 0 Å². The van der Waals surface area contributed by atoms with Crippen LogP contribution in [0, 0.1) is 0 Å². The highest BCUT2D eigenvalue weighted by Gasteiger charge is 2.22. The van der Waals surface area contributed by atoms with Gasteiger partial charge in [-0.15, -0.1) is 0 Å². The molecule has 0 spiro atoms. The zero-order chi connectivity index (χ0) is 20.6. The molecule has 0 aliphatic carbocycles. The summed E-state index contributed by atoms with van der Waals surface area (Å²) in [5.41, 5.74) is 2.83. The molecule has 0 saturated carbocycles. The predicted octanol–water partition coefficient (Wildman–Crippen LogP) is 1.83. The van der Waals surface area contributed by atoms with Crippen LogP contribution in [0.2, 0.25) is 0 Å². The summed E-state index contributed by atoms with van der Waals surface area (Å²) in [5, 5.41) is 17.5. The molecule has 2 aliphatic rings. The first-order valence-corrected chi connectivity index (χ1v) is 11.3. The summed E-state index contributed by atoms with van der Waals surface area (Å²) < 4.78 is 0. The summed E-state index contributed by atoms with van der Waals surface area (Å²) in [6.45, 7) is 12.7. The van der Waals surface area contributed by atoms with E-state index in [2.05, 4.69) is 70.5 Å². The third-order valence-electron chi connectivity index (χ3n) is 6.08. The van der Waals surface area contributed by atoms with E-state index in [4.69, 9.17) is 0 Å². The number of guanidine groups is 1. The molecule has 1 fully saturated rings. The standard InChI is InChI=1S/C23H39N5O/c1-4-24-23(26-21-10-13-28(14-11-21)18(2)3)25-15-22(29)17-27-12-9-19-7-5-6-8-20(19)16-27/h5-8,18,21-22,29H,4,9-17H2,1-3H3,(H2,24,25,26). The average molecular weight is 402 g/mol. The van der Waals surface area contributed by atoms with Crippen molar-refractivity contribution in [2.45, 2.75) is 64.8 Å². The average Bonchev–Trinajstić information content (AvgIpc) is 2.72. The number of nitrogens with zero attached hydrogens (tertiary/aromatic N) is 3. The first kappa shape index (κ1) is 22.1. The van der Waals surface area contributed by atoms with Crippen molar-refractivity contribution < 1.29 is 5.11 Å². The molecule has 3 N–H and O–H groups in total. The second-order valence-corrected chi connectivity index (χ2v) is 8.68. The molecular weight excluding hydrogens is 362 g/mol. The van der Waals surface area contributed by atoms with Gasteiger partial charge in [-0.3, -0.25) is 9.89 Å². The van der Waals surface area contributed by atoms with Crippen molar-refractivity contribution in [1.29, 1.82) is 0 Å². The van der Waals surface area contributed by atoms with Gasteiger partial charge in [0.05, 0.1) is 12.6 Å². The molecule has 29 heavy (non-hydrogen) atoms. The van der Waals surface area contributed by atoms with Gasteiger partial charge in [0, 0.05) is 51.4 Å². The monoisotopic (exact) mass is 401 g/mol. The third-order valence-corrected chi connectivity index (χ3v) is 6.08. The number of hydrogen-bond acceptors (Lipinski definition) is 4. The molecule has 1 saturated heterocycles. The number of hydrogen-bond donors (Lipinski definition) is 3. The van der Waals surface area contributed by atoms with Gasteiger partial charge in [-0.25, -0.2) is 0 Å². The maximum absolute atomic E-state index is 10.6. The maximum atomic E-state index is 10.6. The number of piperidine rings is 1. The Morgan fingerprint density at radius 3 is 2.59 bits per heavy atom. The molecule has 162 valence electrons. The van der Waals surface area contributed by atoms with Gasteiger partial charge in [-0.05, 0) is 51.2 Å². The van der Waals surface area contributed by atoms with Crippen molar-refractivity contribution in [2.75, 3.05) is 39.3 Å². The number of β-amino-alcohol motifs (C(OH)–C–C–N with tert-alkyl or cyclic N) is 1. The molecule has 2 aliphatic heterocycles. The Kier molecular flexibility index (Phi) is 8.33. The number of fused-ring (bicyclic) bond motifs is 1. The molecule has 6 heteroatoms. The number of aliphatic imine (C=N–C) groups is 1. The summed E-state index contributed by atoms with van der Waals surface area (Å²) >= 11 is 0. The number of nitrogens with one attached hydrogen (secondary N) is 2. The minimum atomic E-state index is -0.446. The maximum Gasteiger partial charge on any atom is 0.191 e. The molecule has 1 unspecified atom stereocenters. The lowest BCUT2D eigenvalue weighted by molar-refractivity contribution is 0.111. The van der Waals surface area contributed by atoms with E-state index in [1.807, 2.05) is 0 Å². The van der Waals surface area contributed by atoms with Crippen molar-refractivity contribution in [1.82, 2.24) is 20.4 Å². The smallest absolute Gasteiger partial charge is 0.191 e. The van der Waals surface area contributed by atoms with E-state index in [9.17, 15) is 5.11 Å². The summed E-state index contributed by atoms with van der Waals surface area (Å²) in [6, 6.07) is 9.70. The SMILES string of the molecule is CCNC(=NCC(O)CN1CCc2ccccc2C1)NC1CCN(C(C)C)CC1. The lowest BCUT2D eigenvalue weighted by atomic mass is 10.00. The lowest BCUT2D eigenvalue weighted by Gasteiger charge is -2.35. The molecule has 0 bridgehead atoms. The van der Waals surface area contributed by atoms with E-state index in [1.165, 1.54) is 11.1 Å². The van der Waals surface area contributed by atoms with Crippen molar-refractivity contribution >= 4 is 5.96 Å². The van der Waals surface area contributed by atoms with Crippen LogP contribution in [0.4, 0.5) is 0 Å². The van der Waals surface area contributed by atoms with Crippen LogP contribution in [-0.2, 0) is 13.0 Å². The largest absolute Gasteiger partial charge is 0.390 e. The minimum absolute atomic E-state index is 0.429. The number of likely N-dealkylation sites (tertiary alicyclic amines) is 1. The Bertz CT molecular complexity index is 654. The highest BCUT2D eigenvalue weighted by atomic mass is 16.3. The minimum Gasteiger partial charge on any atom is -0.390 e. The highest BCUT2D eigenvalue weighted by molar-refractivity contribution is 5.80. The molecule has 6 nitrogen and oxygen atoms in total. The van der Waals surface area contributed by atoms with Crippen LogP contribution >= 0.6 is 0 Å². The topological polar surface area (TPSA) is 63.1 Å². The number of rotatable bonds is 7. The van der Waals surface area contributed by atoms with Gasteiger partial charge >= 0.3 is 0 Å². The van der Waals surface area contributed by atoms with E-state index in [-0.39, 0.29) is 0 Å². The fourth-order valence-corrected chi connectivity index (χ4v) is 4.34. The van der Waals surface area contributed by atoms with E-state index >= 15 is 0 Å². The van der Waals surface area contributed by atoms with Gasteiger partial charge in [0.1, 0.15) is 0 Å². The van der Waals surface area contributed by atoms with Gasteiger partial charge in [-0.1, -0.05) is 24.3 Å². The molecule has 1 aromatic carbocycles. The van der Waals surface area contributed by atoms with Crippen LogP contribution < -0.4 is 10.6 Å². The van der Waals surface area contributed by atoms with E-state index in [1.54, 1.807) is 0 Å². The van der Waals surface area contributed by atoms with Crippen LogP contribution in [0.3, 0.4) is 0 Å². The van der Waals surface area contributed by atoms with E-state index in [0.717, 1.165) is 57.9 Å². The zero-order valence-electron chi connectivity index (χ0n) is 18.4. The van der Waals surface area contributed by atoms with Crippen molar-refractivity contribution in [3.8, 4) is 0 Å². The number of aliphatic hydroxyl groups is 1. The Labute approximate surface area is 176 Å². The van der Waals surface area contributed by atoms with Crippen molar-refractivity contribution in [3.05, 3.63) is 35.4 Å². The van der Waals surface area contributed by atoms with E-state index in [0.29, 0.717) is 25.2 Å². The second-order valence-electron chi connectivity index (χ2n) is 8.68. The number of aliphatic hydroxyl groups excluding tert-OH is 1. The highest BCUT2D eigenvalue weighted by Crippen LogP contribution is 2.18. The van der Waals surface area contributed by atoms with Crippen LogP contribution in [0.25, 0.3) is 0 Å². The normalized spacial score (nSPS) is 20.5. The fourth-order valence-electron chi connectivity index (χ4n) is 4.34. The van der Waals surface area contributed by atoms with Crippen LogP contribution in [0.1, 0.15) is 44.7 Å². The second kappa shape index (κ2) is 11.0. The van der Waals surface area contributed by atoms with Crippen molar-refractivity contribution in [3.63, 3.8) is 0 Å². The Morgan fingerprint density at radius 1 is 1.17 bits per heavy atom. The summed E-state index contributed by atoms with van der Waals surface area (Å²) in [6.07, 6.45) is 2.89. The fraction of sp³-hybridized carbons (Fsp3) is 0.696. The molecular formula is C23H39N5O. The lowest BCUT2D eigenvalue weighted by Crippen LogP contribution is -2.50. The summed E-state index contributed by atoms with van der Waals surface area (Å²) in [5.74, 6) is 0.832. The molecule has 2 heterocycles. The van der Waals surface area contributed by atoms with Gasteiger partial charge in [0.15, 0.2) is 5.96 Å². The number of benzene rings is 1. The third kappa shape index (κ3) is 6.69. The molecule has 0 radical (unpaired) electrons. The van der Waals surface area contributed by atoms with Crippen molar-refractivity contribution in [2.24, 2.45) is 4.99 Å². The van der Waals surface area contributed by atoms with Gasteiger partial charge in [0.2, 0.25) is 0 Å². The molecule has 0 amide bonds. The first-order valence-electron chi connectivity index (χ1n) is 11.3. The predicted molar refractivity (Wildman–Crippen MR) is 120 cm³/mol. The summed E-state index contributed by atoms with van der Waals surface area (Å²) in [7, 11) is 0. The van der Waals surface area contributed by atoms with Crippen LogP contribution in [0.15, 0.2) is 29.3 Å². The van der Waals surface area contributed by atoms with Gasteiger partial charge < -0.3 is 20.6 Å². The van der Waals surface area contributed by atoms with E-state index < -0.39 is 6.10 Å². The van der Waals surface area contributed by atoms with Crippen LogP contribution in [-0.4, -0.2) is 78.3 Å². The molecule has 1 aromatic rings. The molecule has 0 aromatic heterocycles. The quantitative estimate of drug-likeness (QED) is 0.481. The van der Waals surface area contributed by atoms with Gasteiger partial charge in [0.25, 0.3) is 0 Å². The van der Waals surface area contributed by atoms with Crippen LogP contribution in [0.5, 0.6) is 0 Å². The Morgan fingerprint density at radius 2 is 1.90 bits per heavy atom. The first-order chi connectivity index (χ1) is 14.0. The Hall–Kier alpha value is -1.63. The summed E-state index contributed by atoms with van der Waals surface area (Å²) in [4.78, 5) is 9.54. The Balaban J connectivity index is 1.46. The zero-order valence-corrected chi connectivity index (χ0v) is 18.4. The molecule has 3 rings (SSSR count).